The van der Waals surface area contributed by atoms with E-state index in [1.54, 1.807) is 13.8 Å². The van der Waals surface area contributed by atoms with Gasteiger partial charge in [0.25, 0.3) is 0 Å². The predicted octanol–water partition coefficient (Wildman–Crippen LogP) is 1.40. The monoisotopic (exact) mass is 512 g/mol. The SMILES string of the molecule is CCNS(=O)(=O)c1cc(Cl)c(N=Nc2c(C)[nH]c3ccc(S(=O)(=O)[O-])cc23)cc1Cl.[Na+]. The predicted molar refractivity (Wildman–Crippen MR) is 112 cm³/mol. The van der Waals surface area contributed by atoms with E-state index in [0.29, 0.717) is 22.3 Å². The number of aryl methyl sites for hydroxylation is 1. The minimum Gasteiger partial charge on any atom is -0.744 e. The number of halogens is 2. The third kappa shape index (κ3) is 5.67. The smallest absolute Gasteiger partial charge is 0.744 e. The Bertz CT molecular complexity index is 1390. The Morgan fingerprint density at radius 2 is 1.74 bits per heavy atom. The number of aromatic nitrogens is 1. The van der Waals surface area contributed by atoms with Gasteiger partial charge in [0.15, 0.2) is 0 Å². The second kappa shape index (κ2) is 9.86. The molecule has 3 rings (SSSR count). The normalized spacial score (nSPS) is 12.4. The Balaban J connectivity index is 0.00000341. The van der Waals surface area contributed by atoms with Gasteiger partial charge in [0.05, 0.1) is 14.9 Å². The van der Waals surface area contributed by atoms with E-state index < -0.39 is 25.0 Å². The Morgan fingerprint density at radius 1 is 1.06 bits per heavy atom. The fraction of sp³-hybridized carbons (Fsp3) is 0.176. The average molecular weight is 513 g/mol. The second-order valence-electron chi connectivity index (χ2n) is 6.20. The van der Waals surface area contributed by atoms with E-state index in [9.17, 15) is 21.4 Å². The number of fused-ring (bicyclic) bond motifs is 1. The van der Waals surface area contributed by atoms with Crippen molar-refractivity contribution in [2.24, 2.45) is 10.2 Å². The van der Waals surface area contributed by atoms with Crippen molar-refractivity contribution in [2.75, 3.05) is 6.54 Å². The van der Waals surface area contributed by atoms with Crippen LogP contribution in [0.5, 0.6) is 0 Å². The minimum atomic E-state index is -4.64. The Hall–Kier alpha value is -1.02. The van der Waals surface area contributed by atoms with Gasteiger partial charge in [-0.1, -0.05) is 30.1 Å². The van der Waals surface area contributed by atoms with Crippen molar-refractivity contribution in [2.45, 2.75) is 23.6 Å². The second-order valence-corrected chi connectivity index (χ2v) is 10.1. The van der Waals surface area contributed by atoms with E-state index in [2.05, 4.69) is 19.9 Å². The molecule has 0 aliphatic rings. The molecule has 2 aromatic carbocycles. The third-order valence-electron chi connectivity index (χ3n) is 4.10. The van der Waals surface area contributed by atoms with Gasteiger partial charge >= 0.3 is 29.6 Å². The van der Waals surface area contributed by atoms with Crippen LogP contribution in [0.3, 0.4) is 0 Å². The molecule has 0 aliphatic heterocycles. The van der Waals surface area contributed by atoms with Crippen LogP contribution in [-0.2, 0) is 20.1 Å². The summed E-state index contributed by atoms with van der Waals surface area (Å²) in [6.45, 7) is 3.50. The molecule has 0 atom stereocenters. The number of rotatable bonds is 6. The van der Waals surface area contributed by atoms with Crippen molar-refractivity contribution in [1.29, 1.82) is 0 Å². The fourth-order valence-electron chi connectivity index (χ4n) is 2.75. The largest absolute Gasteiger partial charge is 1.00 e. The van der Waals surface area contributed by atoms with Gasteiger partial charge in [-0.2, -0.15) is 0 Å². The first-order valence-corrected chi connectivity index (χ1v) is 12.1. The van der Waals surface area contributed by atoms with Crippen molar-refractivity contribution < 1.29 is 50.9 Å². The summed E-state index contributed by atoms with van der Waals surface area (Å²) in [5.41, 5.74) is 1.54. The van der Waals surface area contributed by atoms with Gasteiger partial charge in [-0.15, -0.1) is 10.2 Å². The van der Waals surface area contributed by atoms with Crippen LogP contribution < -0.4 is 34.3 Å². The van der Waals surface area contributed by atoms with Crippen molar-refractivity contribution in [3.05, 3.63) is 46.1 Å². The molecule has 0 radical (unpaired) electrons. The number of hydrogen-bond donors (Lipinski definition) is 2. The van der Waals surface area contributed by atoms with Crippen LogP contribution >= 0.6 is 23.2 Å². The molecule has 0 aliphatic carbocycles. The molecule has 31 heavy (non-hydrogen) atoms. The number of nitrogens with one attached hydrogen (secondary N) is 2. The van der Waals surface area contributed by atoms with Crippen molar-refractivity contribution in [3.8, 4) is 0 Å². The molecule has 14 heteroatoms. The fourth-order valence-corrected chi connectivity index (χ4v) is 5.10. The summed E-state index contributed by atoms with van der Waals surface area (Å²) in [5, 5.41) is 8.42. The summed E-state index contributed by atoms with van der Waals surface area (Å²) in [6, 6.07) is 6.28. The van der Waals surface area contributed by atoms with Crippen LogP contribution in [0.2, 0.25) is 10.0 Å². The van der Waals surface area contributed by atoms with E-state index in [4.69, 9.17) is 23.2 Å². The van der Waals surface area contributed by atoms with Gasteiger partial charge in [0.1, 0.15) is 26.4 Å². The van der Waals surface area contributed by atoms with Gasteiger partial charge in [0.2, 0.25) is 10.0 Å². The molecule has 1 aromatic heterocycles. The molecule has 0 saturated heterocycles. The molecular formula is C17H15Cl2N4NaO5S2. The first-order valence-electron chi connectivity index (χ1n) is 8.42. The summed E-state index contributed by atoms with van der Waals surface area (Å²) in [6.07, 6.45) is 0. The third-order valence-corrected chi connectivity index (χ3v) is 7.24. The van der Waals surface area contributed by atoms with Gasteiger partial charge in [-0.05, 0) is 37.3 Å². The van der Waals surface area contributed by atoms with Gasteiger partial charge in [-0.25, -0.2) is 21.6 Å². The number of sulfonamides is 1. The van der Waals surface area contributed by atoms with Crippen LogP contribution in [0, 0.1) is 6.92 Å². The van der Waals surface area contributed by atoms with Gasteiger partial charge in [0, 0.05) is 23.1 Å². The molecule has 160 valence electrons. The number of azo groups is 1. The molecule has 3 aromatic rings. The molecule has 0 amide bonds. The van der Waals surface area contributed by atoms with Crippen LogP contribution in [0.4, 0.5) is 11.4 Å². The number of hydrogen-bond acceptors (Lipinski definition) is 7. The number of aromatic amines is 1. The van der Waals surface area contributed by atoms with Gasteiger partial charge < -0.3 is 9.54 Å². The molecule has 2 N–H and O–H groups in total. The number of benzene rings is 2. The average Bonchev–Trinajstić information content (AvgIpc) is 2.95. The van der Waals surface area contributed by atoms with E-state index in [0.717, 1.165) is 0 Å². The molecule has 0 saturated carbocycles. The van der Waals surface area contributed by atoms with E-state index >= 15 is 0 Å². The Labute approximate surface area is 211 Å². The molecule has 0 bridgehead atoms. The summed E-state index contributed by atoms with van der Waals surface area (Å²) >= 11 is 12.3. The quantitative estimate of drug-likeness (QED) is 0.291. The first kappa shape index (κ1) is 26.2. The summed E-state index contributed by atoms with van der Waals surface area (Å²) in [7, 11) is -8.47. The number of nitrogens with zero attached hydrogens (tertiary/aromatic N) is 2. The zero-order valence-corrected chi connectivity index (χ0v) is 21.7. The maximum Gasteiger partial charge on any atom is 1.00 e. The summed E-state index contributed by atoms with van der Waals surface area (Å²) in [4.78, 5) is 2.42. The standard InChI is InChI=1S/C17H16Cl2N4O5S2.Na/c1-3-20-29(24,25)16-8-12(18)15(7-13(16)19)22-23-17-9(2)21-14-5-4-10(6-11(14)17)30(26,27)28;/h4-8,20-21H,3H2,1-2H3,(H,26,27,28);/q;+1/p-1. The molecule has 9 nitrogen and oxygen atoms in total. The topological polar surface area (TPSA) is 144 Å². The molecule has 1 heterocycles. The maximum atomic E-state index is 12.2. The molecule has 0 fully saturated rings. The van der Waals surface area contributed by atoms with Crippen LogP contribution in [-0.4, -0.2) is 32.9 Å². The van der Waals surface area contributed by atoms with Crippen molar-refractivity contribution in [1.82, 2.24) is 9.71 Å². The summed E-state index contributed by atoms with van der Waals surface area (Å²) in [5.74, 6) is 0. The minimum absolute atomic E-state index is 0. The maximum absolute atomic E-state index is 12.2. The van der Waals surface area contributed by atoms with Crippen molar-refractivity contribution in [3.63, 3.8) is 0 Å². The molecule has 0 unspecified atom stereocenters. The Morgan fingerprint density at radius 3 is 2.35 bits per heavy atom. The number of H-pyrrole nitrogens is 1. The summed E-state index contributed by atoms with van der Waals surface area (Å²) < 4.78 is 60.6. The van der Waals surface area contributed by atoms with Crippen LogP contribution in [0.25, 0.3) is 10.9 Å². The molecular weight excluding hydrogens is 498 g/mol. The zero-order valence-electron chi connectivity index (χ0n) is 16.6. The van der Waals surface area contributed by atoms with Crippen LogP contribution in [0.1, 0.15) is 12.6 Å². The van der Waals surface area contributed by atoms with E-state index in [1.165, 1.54) is 30.3 Å². The Kier molecular flexibility index (Phi) is 8.34. The zero-order chi connectivity index (χ0) is 22.3. The van der Waals surface area contributed by atoms with Gasteiger partial charge in [-0.3, -0.25) is 0 Å². The van der Waals surface area contributed by atoms with E-state index in [1.807, 2.05) is 0 Å². The van der Waals surface area contributed by atoms with Crippen LogP contribution in [0.15, 0.2) is 50.4 Å². The van der Waals surface area contributed by atoms with E-state index in [-0.39, 0.29) is 56.7 Å². The molecule has 0 spiro atoms. The first-order chi connectivity index (χ1) is 13.9. The van der Waals surface area contributed by atoms with Crippen molar-refractivity contribution >= 4 is 65.6 Å².